The van der Waals surface area contributed by atoms with Crippen molar-refractivity contribution in [1.29, 1.82) is 0 Å². The van der Waals surface area contributed by atoms with Crippen molar-refractivity contribution in [1.82, 2.24) is 10.2 Å². The molecule has 1 fully saturated rings. The Bertz CT molecular complexity index is 839. The molecular formula is C39H70N2O6. The maximum Gasteiger partial charge on any atom is 0.407 e. The largest absolute Gasteiger partial charge is 0.465 e. The minimum Gasteiger partial charge on any atom is -0.465 e. The van der Waals surface area contributed by atoms with Crippen LogP contribution in [0.3, 0.4) is 0 Å². The number of esters is 2. The molecule has 2 atom stereocenters. The molecule has 0 aliphatic carbocycles. The Morgan fingerprint density at radius 2 is 1.28 bits per heavy atom. The van der Waals surface area contributed by atoms with E-state index in [-0.39, 0.29) is 43.6 Å². The molecule has 272 valence electrons. The van der Waals surface area contributed by atoms with Gasteiger partial charge in [-0.15, -0.1) is 0 Å². The van der Waals surface area contributed by atoms with E-state index in [1.54, 1.807) is 0 Å². The van der Waals surface area contributed by atoms with Crippen molar-refractivity contribution in [3.63, 3.8) is 0 Å². The lowest BCUT2D eigenvalue weighted by Gasteiger charge is -2.19. The van der Waals surface area contributed by atoms with Gasteiger partial charge in [0.1, 0.15) is 6.10 Å². The summed E-state index contributed by atoms with van der Waals surface area (Å²) in [6.45, 7) is 10.4. The first-order chi connectivity index (χ1) is 22.9. The third kappa shape index (κ3) is 27.3. The number of amides is 1. The van der Waals surface area contributed by atoms with E-state index in [4.69, 9.17) is 14.2 Å². The van der Waals surface area contributed by atoms with Gasteiger partial charge in [-0.05, 0) is 83.7 Å². The highest BCUT2D eigenvalue weighted by Gasteiger charge is 2.18. The molecule has 0 bridgehead atoms. The van der Waals surface area contributed by atoms with Crippen molar-refractivity contribution in [2.45, 2.75) is 162 Å². The summed E-state index contributed by atoms with van der Waals surface area (Å²) in [6, 6.07) is 0. The molecule has 0 aromatic rings. The first-order valence-corrected chi connectivity index (χ1v) is 19.2. The van der Waals surface area contributed by atoms with Crippen LogP contribution in [-0.2, 0) is 23.8 Å². The highest BCUT2D eigenvalue weighted by molar-refractivity contribution is 5.70. The minimum absolute atomic E-state index is 0.0741. The van der Waals surface area contributed by atoms with Gasteiger partial charge in [-0.3, -0.25) is 9.59 Å². The minimum atomic E-state index is -0.409. The number of carbonyl (C=O) groups is 3. The van der Waals surface area contributed by atoms with Crippen LogP contribution in [0.2, 0.25) is 0 Å². The summed E-state index contributed by atoms with van der Waals surface area (Å²) >= 11 is 0. The molecule has 1 aliphatic rings. The fraction of sp³-hybridized carbons (Fsp3) is 0.821. The second kappa shape index (κ2) is 31.0. The predicted molar refractivity (Wildman–Crippen MR) is 192 cm³/mol. The summed E-state index contributed by atoms with van der Waals surface area (Å²) in [5.41, 5.74) is 0. The summed E-state index contributed by atoms with van der Waals surface area (Å²) in [5, 5.41) is 2.87. The number of unbranched alkanes of at least 4 members (excludes halogenated alkanes) is 11. The smallest absolute Gasteiger partial charge is 0.407 e. The molecule has 1 rings (SSSR count). The molecule has 47 heavy (non-hydrogen) atoms. The van der Waals surface area contributed by atoms with Gasteiger partial charge in [-0.2, -0.15) is 0 Å². The zero-order chi connectivity index (χ0) is 34.2. The van der Waals surface area contributed by atoms with Crippen molar-refractivity contribution >= 4 is 18.0 Å². The van der Waals surface area contributed by atoms with Crippen molar-refractivity contribution in [2.24, 2.45) is 5.92 Å². The molecule has 0 spiro atoms. The number of likely N-dealkylation sites (tertiary alicyclic amines) is 1. The summed E-state index contributed by atoms with van der Waals surface area (Å²) in [7, 11) is 0. The van der Waals surface area contributed by atoms with Gasteiger partial charge in [0.25, 0.3) is 0 Å². The average Bonchev–Trinajstić information content (AvgIpc) is 3.59. The van der Waals surface area contributed by atoms with Crippen molar-refractivity contribution in [2.75, 3.05) is 39.4 Å². The molecule has 2 unspecified atom stereocenters. The van der Waals surface area contributed by atoms with E-state index in [0.29, 0.717) is 19.4 Å². The molecule has 8 nitrogen and oxygen atoms in total. The SMILES string of the molecule is CCCCC/C=C\C/C=C\CCCCCCCC(=O)OCC(C)COC(=O)CCC(CCCCCC)OC(=O)NCCN1CCCC1. The Morgan fingerprint density at radius 3 is 1.96 bits per heavy atom. The van der Waals surface area contributed by atoms with Gasteiger partial charge in [-0.1, -0.05) is 96.4 Å². The molecule has 0 aromatic carbocycles. The normalized spacial score (nSPS) is 14.9. The van der Waals surface area contributed by atoms with Crippen molar-refractivity contribution in [3.8, 4) is 0 Å². The summed E-state index contributed by atoms with van der Waals surface area (Å²) in [4.78, 5) is 39.3. The van der Waals surface area contributed by atoms with Gasteiger partial charge < -0.3 is 24.4 Å². The number of alkyl carbamates (subject to hydrolysis) is 1. The number of hydrogen-bond donors (Lipinski definition) is 1. The standard InChI is InChI=1S/C39H70N2O6/c1-4-6-8-10-11-12-13-14-15-16-17-18-19-20-22-26-37(42)45-33-35(3)34-46-38(43)28-27-36(25-21-9-7-5-2)47-39(44)40-29-32-41-30-23-24-31-41/h11-12,14-15,35-36H,4-10,13,16-34H2,1-3H3,(H,40,44)/b12-11-,15-14-. The topological polar surface area (TPSA) is 94.2 Å². The van der Waals surface area contributed by atoms with Crippen molar-refractivity contribution < 1.29 is 28.6 Å². The Kier molecular flexibility index (Phi) is 28.1. The van der Waals surface area contributed by atoms with E-state index in [2.05, 4.69) is 48.4 Å². The van der Waals surface area contributed by atoms with Crippen LogP contribution in [0.15, 0.2) is 24.3 Å². The maximum absolute atomic E-state index is 12.4. The van der Waals surface area contributed by atoms with Gasteiger partial charge in [0.05, 0.1) is 13.2 Å². The van der Waals surface area contributed by atoms with Crippen LogP contribution < -0.4 is 5.32 Å². The molecule has 0 aromatic heterocycles. The molecule has 8 heteroatoms. The Morgan fingerprint density at radius 1 is 0.702 bits per heavy atom. The van der Waals surface area contributed by atoms with Crippen LogP contribution in [0.5, 0.6) is 0 Å². The van der Waals surface area contributed by atoms with Gasteiger partial charge in [-0.25, -0.2) is 4.79 Å². The summed E-state index contributed by atoms with van der Waals surface area (Å²) in [6.07, 6.45) is 29.6. The second-order valence-corrected chi connectivity index (χ2v) is 13.3. The molecule has 1 heterocycles. The van der Waals surface area contributed by atoms with Crippen LogP contribution in [-0.4, -0.2) is 68.4 Å². The number of rotatable bonds is 30. The number of nitrogens with one attached hydrogen (secondary N) is 1. The van der Waals surface area contributed by atoms with Crippen LogP contribution in [0.25, 0.3) is 0 Å². The third-order valence-corrected chi connectivity index (χ3v) is 8.61. The van der Waals surface area contributed by atoms with E-state index < -0.39 is 6.09 Å². The quantitative estimate of drug-likeness (QED) is 0.0354. The van der Waals surface area contributed by atoms with Crippen molar-refractivity contribution in [3.05, 3.63) is 24.3 Å². The Balaban J connectivity index is 2.10. The van der Waals surface area contributed by atoms with Gasteiger partial charge >= 0.3 is 18.0 Å². The first kappa shape index (κ1) is 42.7. The molecule has 1 saturated heterocycles. The van der Waals surface area contributed by atoms with E-state index in [9.17, 15) is 14.4 Å². The molecule has 0 saturated carbocycles. The van der Waals surface area contributed by atoms with Crippen LogP contribution in [0.4, 0.5) is 4.79 Å². The van der Waals surface area contributed by atoms with Crippen LogP contribution >= 0.6 is 0 Å². The van der Waals surface area contributed by atoms with E-state index in [0.717, 1.165) is 83.8 Å². The Labute approximate surface area is 287 Å². The van der Waals surface area contributed by atoms with Gasteiger partial charge in [0.2, 0.25) is 0 Å². The third-order valence-electron chi connectivity index (χ3n) is 8.61. The highest BCUT2D eigenvalue weighted by Crippen LogP contribution is 2.15. The first-order valence-electron chi connectivity index (χ1n) is 19.2. The van der Waals surface area contributed by atoms with Crippen LogP contribution in [0.1, 0.15) is 156 Å². The van der Waals surface area contributed by atoms with E-state index >= 15 is 0 Å². The monoisotopic (exact) mass is 663 g/mol. The molecule has 0 radical (unpaired) electrons. The van der Waals surface area contributed by atoms with Gasteiger partial charge in [0.15, 0.2) is 0 Å². The number of allylic oxidation sites excluding steroid dienone is 4. The number of ether oxygens (including phenoxy) is 3. The van der Waals surface area contributed by atoms with E-state index in [1.165, 1.54) is 51.4 Å². The average molecular weight is 663 g/mol. The van der Waals surface area contributed by atoms with Crippen LogP contribution in [0, 0.1) is 5.92 Å². The Hall–Kier alpha value is -2.35. The lowest BCUT2D eigenvalue weighted by atomic mass is 10.1. The van der Waals surface area contributed by atoms with E-state index in [1.807, 2.05) is 6.92 Å². The zero-order valence-electron chi connectivity index (χ0n) is 30.5. The number of carbonyl (C=O) groups excluding carboxylic acids is 3. The summed E-state index contributed by atoms with van der Waals surface area (Å²) in [5.74, 6) is -0.574. The molecule has 1 N–H and O–H groups in total. The van der Waals surface area contributed by atoms with Gasteiger partial charge in [0, 0.05) is 31.8 Å². The second-order valence-electron chi connectivity index (χ2n) is 13.3. The number of hydrogen-bond acceptors (Lipinski definition) is 7. The lowest BCUT2D eigenvalue weighted by molar-refractivity contribution is -0.149. The fourth-order valence-corrected chi connectivity index (χ4v) is 5.60. The fourth-order valence-electron chi connectivity index (χ4n) is 5.60. The molecular weight excluding hydrogens is 592 g/mol. The molecule has 1 amide bonds. The summed E-state index contributed by atoms with van der Waals surface area (Å²) < 4.78 is 16.6. The number of nitrogens with zero attached hydrogens (tertiary/aromatic N) is 1. The lowest BCUT2D eigenvalue weighted by Crippen LogP contribution is -2.35. The zero-order valence-corrected chi connectivity index (χ0v) is 30.5. The molecule has 1 aliphatic heterocycles. The predicted octanol–water partition coefficient (Wildman–Crippen LogP) is 9.46. The maximum atomic E-state index is 12.4. The highest BCUT2D eigenvalue weighted by atomic mass is 16.6.